The second-order valence-electron chi connectivity index (χ2n) is 5.63. The Morgan fingerprint density at radius 2 is 1.90 bits per heavy atom. The summed E-state index contributed by atoms with van der Waals surface area (Å²) in [4.78, 5) is 12.3. The summed E-state index contributed by atoms with van der Waals surface area (Å²) >= 11 is 1.18. The number of aliphatic hydroxyl groups is 1. The number of halogens is 1. The third kappa shape index (κ3) is 5.32. The SMILES string of the molecule is O=C(CSc1ccccc1F)NCC1(O)CCCCCC1. The van der Waals surface area contributed by atoms with Gasteiger partial charge in [0.15, 0.2) is 0 Å². The van der Waals surface area contributed by atoms with Crippen molar-refractivity contribution in [3.8, 4) is 0 Å². The van der Waals surface area contributed by atoms with Crippen molar-refractivity contribution in [2.45, 2.75) is 49.0 Å². The summed E-state index contributed by atoms with van der Waals surface area (Å²) in [5.41, 5.74) is -0.769. The summed E-state index contributed by atoms with van der Waals surface area (Å²) in [5, 5.41) is 13.2. The average Bonchev–Trinajstić information content (AvgIpc) is 2.70. The summed E-state index contributed by atoms with van der Waals surface area (Å²) in [7, 11) is 0. The van der Waals surface area contributed by atoms with E-state index in [0.29, 0.717) is 11.4 Å². The smallest absolute Gasteiger partial charge is 0.230 e. The first-order valence-electron chi connectivity index (χ1n) is 7.45. The standard InChI is InChI=1S/C16H22FNO2S/c17-13-7-3-4-8-14(13)21-11-15(19)18-12-16(20)9-5-1-2-6-10-16/h3-4,7-8,20H,1-2,5-6,9-12H2,(H,18,19). The monoisotopic (exact) mass is 311 g/mol. The largest absolute Gasteiger partial charge is 0.388 e. The maximum Gasteiger partial charge on any atom is 0.230 e. The van der Waals surface area contributed by atoms with Crippen molar-refractivity contribution in [2.24, 2.45) is 0 Å². The molecule has 0 bridgehead atoms. The molecule has 2 N–H and O–H groups in total. The molecule has 0 unspecified atom stereocenters. The first kappa shape index (κ1) is 16.3. The molecule has 116 valence electrons. The predicted octanol–water partition coefficient (Wildman–Crippen LogP) is 3.12. The molecule has 2 rings (SSSR count). The number of amides is 1. The van der Waals surface area contributed by atoms with E-state index in [1.807, 2.05) is 0 Å². The molecule has 0 aliphatic heterocycles. The molecule has 0 atom stereocenters. The maximum absolute atomic E-state index is 13.4. The predicted molar refractivity (Wildman–Crippen MR) is 82.8 cm³/mol. The van der Waals surface area contributed by atoms with Gasteiger partial charge in [0.05, 0.1) is 11.4 Å². The minimum absolute atomic E-state index is 0.164. The summed E-state index contributed by atoms with van der Waals surface area (Å²) < 4.78 is 13.4. The van der Waals surface area contributed by atoms with Gasteiger partial charge in [-0.25, -0.2) is 4.39 Å². The van der Waals surface area contributed by atoms with Crippen molar-refractivity contribution in [3.05, 3.63) is 30.1 Å². The van der Waals surface area contributed by atoms with Gasteiger partial charge in [0.25, 0.3) is 0 Å². The number of carbonyl (C=O) groups excluding carboxylic acids is 1. The fourth-order valence-corrected chi connectivity index (χ4v) is 3.35. The molecule has 0 heterocycles. The molecule has 21 heavy (non-hydrogen) atoms. The fourth-order valence-electron chi connectivity index (χ4n) is 2.58. The Balaban J connectivity index is 1.75. The van der Waals surface area contributed by atoms with Crippen LogP contribution in [0.15, 0.2) is 29.2 Å². The molecule has 0 saturated heterocycles. The van der Waals surface area contributed by atoms with Gasteiger partial charge in [0, 0.05) is 11.4 Å². The number of nitrogens with one attached hydrogen (secondary N) is 1. The maximum atomic E-state index is 13.4. The van der Waals surface area contributed by atoms with Crippen LogP contribution in [0.25, 0.3) is 0 Å². The Hall–Kier alpha value is -1.07. The van der Waals surface area contributed by atoms with Gasteiger partial charge in [0.1, 0.15) is 5.82 Å². The second kappa shape index (κ2) is 7.80. The van der Waals surface area contributed by atoms with E-state index in [2.05, 4.69) is 5.32 Å². The normalized spacial score (nSPS) is 18.0. The topological polar surface area (TPSA) is 49.3 Å². The van der Waals surface area contributed by atoms with Crippen LogP contribution in [0.4, 0.5) is 4.39 Å². The van der Waals surface area contributed by atoms with Crippen molar-refractivity contribution in [3.63, 3.8) is 0 Å². The highest BCUT2D eigenvalue weighted by Crippen LogP contribution is 2.26. The van der Waals surface area contributed by atoms with Crippen LogP contribution in [-0.2, 0) is 4.79 Å². The first-order chi connectivity index (χ1) is 10.1. The van der Waals surface area contributed by atoms with Crippen LogP contribution < -0.4 is 5.32 Å². The van der Waals surface area contributed by atoms with Gasteiger partial charge in [-0.05, 0) is 25.0 Å². The molecule has 3 nitrogen and oxygen atoms in total. The zero-order chi connectivity index (χ0) is 15.1. The number of rotatable bonds is 5. The van der Waals surface area contributed by atoms with E-state index in [9.17, 15) is 14.3 Å². The van der Waals surface area contributed by atoms with E-state index >= 15 is 0 Å². The average molecular weight is 311 g/mol. The Morgan fingerprint density at radius 1 is 1.24 bits per heavy atom. The second-order valence-corrected chi connectivity index (χ2v) is 6.65. The summed E-state index contributed by atoms with van der Waals surface area (Å²) in [6, 6.07) is 6.42. The van der Waals surface area contributed by atoms with Gasteiger partial charge < -0.3 is 10.4 Å². The van der Waals surface area contributed by atoms with Gasteiger partial charge in [-0.3, -0.25) is 4.79 Å². The number of hydrogen-bond acceptors (Lipinski definition) is 3. The fraction of sp³-hybridized carbons (Fsp3) is 0.562. The van der Waals surface area contributed by atoms with Crippen LogP contribution in [0.2, 0.25) is 0 Å². The zero-order valence-electron chi connectivity index (χ0n) is 12.1. The molecule has 1 aliphatic carbocycles. The lowest BCUT2D eigenvalue weighted by molar-refractivity contribution is -0.120. The van der Waals surface area contributed by atoms with E-state index in [1.54, 1.807) is 18.2 Å². The van der Waals surface area contributed by atoms with Crippen molar-refractivity contribution in [1.29, 1.82) is 0 Å². The Bertz CT molecular complexity index is 473. The van der Waals surface area contributed by atoms with Gasteiger partial charge in [-0.15, -0.1) is 11.8 Å². The molecule has 1 aromatic rings. The molecule has 0 spiro atoms. The number of hydrogen-bond donors (Lipinski definition) is 2. The number of carbonyl (C=O) groups is 1. The Kier molecular flexibility index (Phi) is 6.06. The Morgan fingerprint density at radius 3 is 2.57 bits per heavy atom. The molecular weight excluding hydrogens is 289 g/mol. The molecular formula is C16H22FNO2S. The lowest BCUT2D eigenvalue weighted by Gasteiger charge is -2.26. The minimum atomic E-state index is -0.769. The molecule has 0 aromatic heterocycles. The highest BCUT2D eigenvalue weighted by atomic mass is 32.2. The van der Waals surface area contributed by atoms with E-state index < -0.39 is 5.60 Å². The lowest BCUT2D eigenvalue weighted by atomic mass is 9.94. The van der Waals surface area contributed by atoms with Crippen molar-refractivity contribution in [1.82, 2.24) is 5.32 Å². The molecule has 1 fully saturated rings. The van der Waals surface area contributed by atoms with Crippen LogP contribution in [0.1, 0.15) is 38.5 Å². The highest BCUT2D eigenvalue weighted by molar-refractivity contribution is 8.00. The van der Waals surface area contributed by atoms with Crippen molar-refractivity contribution in [2.75, 3.05) is 12.3 Å². The summed E-state index contributed by atoms with van der Waals surface area (Å²) in [5.74, 6) is -0.310. The molecule has 5 heteroatoms. The van der Waals surface area contributed by atoms with E-state index in [-0.39, 0.29) is 17.5 Å². The van der Waals surface area contributed by atoms with Crippen LogP contribution in [-0.4, -0.2) is 28.9 Å². The van der Waals surface area contributed by atoms with Crippen molar-refractivity contribution >= 4 is 17.7 Å². The van der Waals surface area contributed by atoms with E-state index in [4.69, 9.17) is 0 Å². The summed E-state index contributed by atoms with van der Waals surface area (Å²) in [6.45, 7) is 0.295. The van der Waals surface area contributed by atoms with E-state index in [1.165, 1.54) is 17.8 Å². The van der Waals surface area contributed by atoms with Crippen LogP contribution in [0, 0.1) is 5.82 Å². The third-order valence-corrected chi connectivity index (χ3v) is 4.89. The molecule has 1 aromatic carbocycles. The van der Waals surface area contributed by atoms with Gasteiger partial charge in [-0.2, -0.15) is 0 Å². The zero-order valence-corrected chi connectivity index (χ0v) is 12.9. The quantitative estimate of drug-likeness (QED) is 0.649. The summed E-state index contributed by atoms with van der Waals surface area (Å²) in [6.07, 6.45) is 5.81. The first-order valence-corrected chi connectivity index (χ1v) is 8.44. The van der Waals surface area contributed by atoms with E-state index in [0.717, 1.165) is 38.5 Å². The third-order valence-electron chi connectivity index (χ3n) is 3.84. The molecule has 0 radical (unpaired) electrons. The minimum Gasteiger partial charge on any atom is -0.388 e. The van der Waals surface area contributed by atoms with Crippen LogP contribution in [0.5, 0.6) is 0 Å². The molecule has 1 aliphatic rings. The molecule has 1 saturated carbocycles. The van der Waals surface area contributed by atoms with Crippen LogP contribution in [0.3, 0.4) is 0 Å². The van der Waals surface area contributed by atoms with Gasteiger partial charge in [-0.1, -0.05) is 37.8 Å². The highest BCUT2D eigenvalue weighted by Gasteiger charge is 2.28. The lowest BCUT2D eigenvalue weighted by Crippen LogP contribution is -2.43. The van der Waals surface area contributed by atoms with Crippen molar-refractivity contribution < 1.29 is 14.3 Å². The number of benzene rings is 1. The number of thioether (sulfide) groups is 1. The van der Waals surface area contributed by atoms with Crippen LogP contribution >= 0.6 is 11.8 Å². The molecule has 1 amide bonds. The van der Waals surface area contributed by atoms with Gasteiger partial charge >= 0.3 is 0 Å². The Labute approximate surface area is 129 Å². The van der Waals surface area contributed by atoms with Gasteiger partial charge in [0.2, 0.25) is 5.91 Å².